The van der Waals surface area contributed by atoms with E-state index in [1.807, 2.05) is 0 Å². The van der Waals surface area contributed by atoms with Crippen molar-refractivity contribution in [2.24, 2.45) is 5.73 Å². The lowest BCUT2D eigenvalue weighted by molar-refractivity contribution is -0.355. The summed E-state index contributed by atoms with van der Waals surface area (Å²) in [6.07, 6.45) is -15.6. The van der Waals surface area contributed by atoms with Crippen molar-refractivity contribution >= 4 is 76.5 Å². The summed E-state index contributed by atoms with van der Waals surface area (Å²) in [5.74, 6) is -5.96. The van der Waals surface area contributed by atoms with Gasteiger partial charge in [0.1, 0.15) is 48.8 Å². The average molecular weight is 865 g/mol. The zero-order chi connectivity index (χ0) is 44.9. The van der Waals surface area contributed by atoms with Crippen molar-refractivity contribution in [3.8, 4) is 0 Å². The van der Waals surface area contributed by atoms with Gasteiger partial charge in [-0.15, -0.1) is 0 Å². The van der Waals surface area contributed by atoms with E-state index in [9.17, 15) is 40.5 Å². The summed E-state index contributed by atoms with van der Waals surface area (Å²) >= 11 is 14.8. The molecule has 28 heteroatoms. The number of rotatable bonds is 4. The Morgan fingerprint density at radius 2 is 0.815 bits per heavy atom. The highest BCUT2D eigenvalue weighted by molar-refractivity contribution is 6.76. The van der Waals surface area contributed by atoms with Crippen LogP contribution in [0.15, 0.2) is 0 Å². The third-order valence-corrected chi connectivity index (χ3v) is 4.82. The zero-order valence-corrected chi connectivity index (χ0v) is 31.5. The number of hydrogen-bond acceptors (Lipinski definition) is 18. The molecule has 0 saturated carbocycles. The van der Waals surface area contributed by atoms with Gasteiger partial charge in [-0.25, -0.2) is 0 Å². The number of aliphatic hydroxyl groups excluding tert-OH is 8. The lowest BCUT2D eigenvalue weighted by Gasteiger charge is -2.45. The van der Waals surface area contributed by atoms with Crippen molar-refractivity contribution in [1.82, 2.24) is 0 Å². The predicted molar refractivity (Wildman–Crippen MR) is 178 cm³/mol. The SMILES string of the molecule is CC(=O)O.CC(=O)O.CC(=O)O.CC(=O)O.CC(=O)O.CC(=O)O.NC(=O)C(Cl)(Cl)Cl.OC[C@H]1O[C@@H](O[C@H]2[C@H](O)[C@@H](O)C(O)O[C@@H]2CO)[C@H](O)[C@@H](O)[C@H]1O. The number of aliphatic hydroxyl groups is 8. The van der Waals surface area contributed by atoms with Crippen LogP contribution >= 0.6 is 34.8 Å². The topological polar surface area (TPSA) is 456 Å². The number of carboxylic acids is 6. The molecule has 0 spiro atoms. The van der Waals surface area contributed by atoms with Crippen molar-refractivity contribution in [3.05, 3.63) is 0 Å². The van der Waals surface area contributed by atoms with Crippen LogP contribution in [0.25, 0.3) is 0 Å². The van der Waals surface area contributed by atoms with E-state index in [0.717, 1.165) is 41.5 Å². The number of nitrogens with two attached hydrogens (primary N) is 1. The molecular weight excluding hydrogens is 817 g/mol. The number of primary amides is 1. The van der Waals surface area contributed by atoms with E-state index in [4.69, 9.17) is 114 Å². The van der Waals surface area contributed by atoms with Gasteiger partial charge >= 0.3 is 0 Å². The fraction of sp³-hybridized carbons (Fsp3) is 0.731. The number of amides is 1. The molecule has 2 aliphatic heterocycles. The third-order valence-electron chi connectivity index (χ3n) is 4.26. The van der Waals surface area contributed by atoms with Crippen LogP contribution in [0, 0.1) is 0 Å². The van der Waals surface area contributed by atoms with Crippen molar-refractivity contribution < 1.29 is 119 Å². The molecule has 0 bridgehead atoms. The highest BCUT2D eigenvalue weighted by Gasteiger charge is 2.50. The molecule has 322 valence electrons. The number of carbonyl (C=O) groups excluding carboxylic acids is 1. The van der Waals surface area contributed by atoms with Gasteiger partial charge in [-0.1, -0.05) is 34.8 Å². The van der Waals surface area contributed by atoms with Crippen LogP contribution < -0.4 is 5.73 Å². The fourth-order valence-corrected chi connectivity index (χ4v) is 2.57. The summed E-state index contributed by atoms with van der Waals surface area (Å²) in [6, 6.07) is 0. The molecule has 1 unspecified atom stereocenters. The summed E-state index contributed by atoms with van der Waals surface area (Å²) in [6.45, 7) is 5.15. The molecule has 2 fully saturated rings. The number of alkyl halides is 3. The molecule has 54 heavy (non-hydrogen) atoms. The lowest BCUT2D eigenvalue weighted by Crippen LogP contribution is -2.64. The molecule has 25 nitrogen and oxygen atoms in total. The number of carboxylic acid groups (broad SMARTS) is 6. The maximum atomic E-state index is 9.94. The Bertz CT molecular complexity index is 973. The van der Waals surface area contributed by atoms with Crippen LogP contribution in [0.5, 0.6) is 0 Å². The number of carbonyl (C=O) groups is 7. The maximum absolute atomic E-state index is 9.94. The number of ether oxygens (including phenoxy) is 3. The highest BCUT2D eigenvalue weighted by atomic mass is 35.6. The van der Waals surface area contributed by atoms with Crippen LogP contribution in [-0.4, -0.2) is 192 Å². The minimum Gasteiger partial charge on any atom is -0.481 e. The highest BCUT2D eigenvalue weighted by Crippen LogP contribution is 2.28. The second-order valence-corrected chi connectivity index (χ2v) is 11.8. The molecule has 2 saturated heterocycles. The Morgan fingerprint density at radius 3 is 1.06 bits per heavy atom. The molecular formula is C26H48Cl3NO24. The summed E-state index contributed by atoms with van der Waals surface area (Å²) in [5, 5.41) is 121. The van der Waals surface area contributed by atoms with Crippen molar-refractivity contribution in [1.29, 1.82) is 0 Å². The van der Waals surface area contributed by atoms with Crippen LogP contribution in [0.3, 0.4) is 0 Å². The third kappa shape index (κ3) is 43.1. The summed E-state index contributed by atoms with van der Waals surface area (Å²) in [5.41, 5.74) is 4.53. The summed E-state index contributed by atoms with van der Waals surface area (Å²) in [4.78, 5) is 63.8. The van der Waals surface area contributed by atoms with Crippen molar-refractivity contribution in [2.45, 2.75) is 107 Å². The van der Waals surface area contributed by atoms with E-state index >= 15 is 0 Å². The molecule has 0 aliphatic carbocycles. The molecule has 2 rings (SSSR count). The first kappa shape index (κ1) is 62.7. The number of aliphatic carboxylic acids is 6. The Kier molecular flexibility index (Phi) is 39.7. The number of halogens is 3. The lowest BCUT2D eigenvalue weighted by atomic mass is 9.97. The summed E-state index contributed by atoms with van der Waals surface area (Å²) in [7, 11) is 0. The van der Waals surface area contributed by atoms with Gasteiger partial charge in [-0.2, -0.15) is 0 Å². The van der Waals surface area contributed by atoms with Gasteiger partial charge in [0.2, 0.25) is 0 Å². The second-order valence-electron chi connectivity index (χ2n) is 9.50. The van der Waals surface area contributed by atoms with Gasteiger partial charge in [0.15, 0.2) is 12.6 Å². The standard InChI is InChI=1S/C12H22O11.C2H2Cl3NO.6C2H4O2/c13-1-3-5(15)6(16)9(19)12(22-3)23-10-4(2-14)21-11(20)8(18)7(10)17;3-2(4,5)1(6)7;6*1-2(3)4/h3-20H,1-2H2;(H2,6,7);6*1H3,(H,3,4)/t3-,4-,5+,6+,7-,8-,9-,10-,11?,12+;;;;;;;/m1......./s1. The molecule has 16 N–H and O–H groups in total. The first-order valence-corrected chi connectivity index (χ1v) is 15.1. The van der Waals surface area contributed by atoms with E-state index < -0.39 is 120 Å². The van der Waals surface area contributed by atoms with Crippen LogP contribution in [0.4, 0.5) is 0 Å². The fourth-order valence-electron chi connectivity index (χ4n) is 2.57. The largest absolute Gasteiger partial charge is 0.481 e. The van der Waals surface area contributed by atoms with E-state index in [1.165, 1.54) is 0 Å². The molecule has 1 amide bonds. The first-order chi connectivity index (χ1) is 24.1. The van der Waals surface area contributed by atoms with E-state index in [-0.39, 0.29) is 0 Å². The minimum absolute atomic E-state index is 0.667. The smallest absolute Gasteiger partial charge is 0.300 e. The molecule has 0 aromatic carbocycles. The minimum atomic E-state index is -1.94. The quantitative estimate of drug-likeness (QED) is 0.120. The molecule has 0 aromatic heterocycles. The molecule has 10 atom stereocenters. The molecule has 2 heterocycles. The molecule has 0 aromatic rings. The van der Waals surface area contributed by atoms with Gasteiger partial charge in [-0.05, 0) is 0 Å². The predicted octanol–water partition coefficient (Wildman–Crippen LogP) is -4.01. The van der Waals surface area contributed by atoms with Crippen molar-refractivity contribution in [2.75, 3.05) is 13.2 Å². The Morgan fingerprint density at radius 1 is 0.537 bits per heavy atom. The second kappa shape index (κ2) is 34.2. The monoisotopic (exact) mass is 863 g/mol. The molecule has 2 aliphatic rings. The van der Waals surface area contributed by atoms with Crippen LogP contribution in [0.2, 0.25) is 0 Å². The number of hydrogen-bond donors (Lipinski definition) is 15. The van der Waals surface area contributed by atoms with Crippen LogP contribution in [-0.2, 0) is 47.8 Å². The van der Waals surface area contributed by atoms with Gasteiger partial charge in [0.25, 0.3) is 45.5 Å². The van der Waals surface area contributed by atoms with E-state index in [0.29, 0.717) is 0 Å². The average Bonchev–Trinajstić information content (AvgIpc) is 2.95. The zero-order valence-electron chi connectivity index (χ0n) is 29.2. The van der Waals surface area contributed by atoms with E-state index in [1.54, 1.807) is 0 Å². The maximum Gasteiger partial charge on any atom is 0.300 e. The van der Waals surface area contributed by atoms with E-state index in [2.05, 4.69) is 5.73 Å². The van der Waals surface area contributed by atoms with Gasteiger partial charge in [0, 0.05) is 41.5 Å². The van der Waals surface area contributed by atoms with Crippen LogP contribution in [0.1, 0.15) is 41.5 Å². The Labute approximate surface area is 321 Å². The Hall–Kier alpha value is -3.28. The van der Waals surface area contributed by atoms with Crippen molar-refractivity contribution in [3.63, 3.8) is 0 Å². The molecule has 0 radical (unpaired) electrons. The van der Waals surface area contributed by atoms with Gasteiger partial charge in [-0.3, -0.25) is 33.6 Å². The Balaban J connectivity index is -0.000000151. The van der Waals surface area contributed by atoms with Gasteiger partial charge in [0.05, 0.1) is 13.2 Å². The normalized spacial score (nSPS) is 26.2. The van der Waals surface area contributed by atoms with Gasteiger partial charge < -0.3 is 91.4 Å². The first-order valence-electron chi connectivity index (χ1n) is 14.0. The summed E-state index contributed by atoms with van der Waals surface area (Å²) < 4.78 is 13.3.